The van der Waals surface area contributed by atoms with E-state index in [1.165, 1.54) is 11.1 Å². The molecular weight excluding hydrogens is 462 g/mol. The number of nitrogens with zero attached hydrogens (tertiary/aromatic N) is 2. The second-order valence-electron chi connectivity index (χ2n) is 9.54. The van der Waals surface area contributed by atoms with Crippen molar-refractivity contribution in [2.45, 2.75) is 18.9 Å². The monoisotopic (exact) mass is 497 g/mol. The molecule has 1 N–H and O–H groups in total. The van der Waals surface area contributed by atoms with E-state index >= 15 is 0 Å². The van der Waals surface area contributed by atoms with Gasteiger partial charge in [0.1, 0.15) is 13.2 Å². The molecule has 5 rings (SSSR count). The molecule has 37 heavy (non-hydrogen) atoms. The Hall–Kier alpha value is -3.61. The summed E-state index contributed by atoms with van der Waals surface area (Å²) in [5, 5.41) is 3.15. The molecule has 3 aromatic rings. The molecule has 0 saturated carbocycles. The summed E-state index contributed by atoms with van der Waals surface area (Å²) in [7, 11) is 0. The third-order valence-corrected chi connectivity index (χ3v) is 6.98. The van der Waals surface area contributed by atoms with Crippen molar-refractivity contribution in [2.24, 2.45) is 0 Å². The van der Waals surface area contributed by atoms with Crippen molar-refractivity contribution in [1.29, 1.82) is 0 Å². The number of carbonyl (C=O) groups excluding carboxylic acids is 1. The van der Waals surface area contributed by atoms with Crippen LogP contribution in [0.15, 0.2) is 84.9 Å². The molecule has 1 amide bonds. The van der Waals surface area contributed by atoms with Gasteiger partial charge in [-0.25, -0.2) is 0 Å². The Morgan fingerprint density at radius 2 is 1.57 bits per heavy atom. The first-order valence-electron chi connectivity index (χ1n) is 13.2. The Kier molecular flexibility index (Phi) is 8.51. The predicted molar refractivity (Wildman–Crippen MR) is 148 cm³/mol. The van der Waals surface area contributed by atoms with Gasteiger partial charge in [0.2, 0.25) is 5.91 Å². The van der Waals surface area contributed by atoms with Gasteiger partial charge in [0, 0.05) is 44.5 Å². The van der Waals surface area contributed by atoms with E-state index in [1.54, 1.807) is 0 Å². The van der Waals surface area contributed by atoms with Crippen molar-refractivity contribution >= 4 is 17.7 Å². The number of anilines is 1. The number of amides is 1. The van der Waals surface area contributed by atoms with E-state index < -0.39 is 0 Å². The largest absolute Gasteiger partial charge is 0.486 e. The Labute approximate surface area is 219 Å². The summed E-state index contributed by atoms with van der Waals surface area (Å²) in [4.78, 5) is 18.4. The van der Waals surface area contributed by atoms with Gasteiger partial charge in [-0.1, -0.05) is 72.8 Å². The minimum absolute atomic E-state index is 0.0324. The van der Waals surface area contributed by atoms with Crippen molar-refractivity contribution in [3.63, 3.8) is 0 Å². The molecule has 1 unspecified atom stereocenters. The quantitative estimate of drug-likeness (QED) is 0.463. The van der Waals surface area contributed by atoms with Gasteiger partial charge < -0.3 is 14.8 Å². The average molecular weight is 498 g/mol. The SMILES string of the molecule is O=C(Nc1ccc2c(c1)OCCO2)C(CCc1ccccc1)N1CCN(C/C=C/c2ccccc2)CC1. The minimum Gasteiger partial charge on any atom is -0.486 e. The maximum atomic E-state index is 13.6. The van der Waals surface area contributed by atoms with E-state index in [1.807, 2.05) is 30.3 Å². The van der Waals surface area contributed by atoms with Crippen LogP contribution >= 0.6 is 0 Å². The molecule has 0 radical (unpaired) electrons. The van der Waals surface area contributed by atoms with Gasteiger partial charge in [0.15, 0.2) is 11.5 Å². The number of nitrogens with one attached hydrogen (secondary N) is 1. The highest BCUT2D eigenvalue weighted by atomic mass is 16.6. The lowest BCUT2D eigenvalue weighted by molar-refractivity contribution is -0.122. The zero-order valence-corrected chi connectivity index (χ0v) is 21.2. The molecule has 6 nitrogen and oxygen atoms in total. The Bertz CT molecular complexity index is 1170. The molecule has 192 valence electrons. The van der Waals surface area contributed by atoms with E-state index in [4.69, 9.17) is 9.47 Å². The number of rotatable bonds is 9. The molecule has 0 spiro atoms. The molecule has 0 aromatic heterocycles. The standard InChI is InChI=1S/C31H35N3O3/c35-31(32-27-14-16-29-30(24-27)37-23-22-36-29)28(15-13-26-10-5-2-6-11-26)34-20-18-33(19-21-34)17-7-12-25-8-3-1-4-9-25/h1-12,14,16,24,28H,13,15,17-23H2,(H,32,35)/b12-7+. The van der Waals surface area contributed by atoms with Crippen LogP contribution < -0.4 is 14.8 Å². The molecule has 3 aromatic carbocycles. The van der Waals surface area contributed by atoms with E-state index in [0.717, 1.165) is 57.0 Å². The van der Waals surface area contributed by atoms with Crippen LogP contribution in [0.4, 0.5) is 5.69 Å². The molecule has 6 heteroatoms. The van der Waals surface area contributed by atoms with Crippen LogP contribution in [-0.4, -0.2) is 67.7 Å². The number of carbonyl (C=O) groups is 1. The zero-order valence-electron chi connectivity index (χ0n) is 21.2. The number of hydrogen-bond acceptors (Lipinski definition) is 5. The van der Waals surface area contributed by atoms with Crippen LogP contribution in [0.5, 0.6) is 11.5 Å². The first-order chi connectivity index (χ1) is 18.2. The van der Waals surface area contributed by atoms with Gasteiger partial charge in [-0.3, -0.25) is 14.6 Å². The summed E-state index contributed by atoms with van der Waals surface area (Å²) in [6, 6.07) is 26.2. The summed E-state index contributed by atoms with van der Waals surface area (Å²) in [6.45, 7) is 5.61. The second-order valence-corrected chi connectivity index (χ2v) is 9.54. The number of ether oxygens (including phenoxy) is 2. The van der Waals surface area contributed by atoms with Gasteiger partial charge in [0.05, 0.1) is 6.04 Å². The molecule has 0 aliphatic carbocycles. The average Bonchev–Trinajstić information content (AvgIpc) is 2.95. The van der Waals surface area contributed by atoms with Crippen molar-refractivity contribution in [1.82, 2.24) is 9.80 Å². The highest BCUT2D eigenvalue weighted by molar-refractivity contribution is 5.95. The molecular formula is C31H35N3O3. The first-order valence-corrected chi connectivity index (χ1v) is 13.2. The van der Waals surface area contributed by atoms with E-state index in [0.29, 0.717) is 19.0 Å². The second kappa shape index (κ2) is 12.6. The van der Waals surface area contributed by atoms with Gasteiger partial charge in [-0.05, 0) is 36.1 Å². The number of benzene rings is 3. The summed E-state index contributed by atoms with van der Waals surface area (Å²) in [6.07, 6.45) is 6.04. The lowest BCUT2D eigenvalue weighted by Crippen LogP contribution is -2.53. The number of aryl methyl sites for hydroxylation is 1. The third kappa shape index (κ3) is 7.00. The number of hydrogen-bond donors (Lipinski definition) is 1. The van der Waals surface area contributed by atoms with Gasteiger partial charge >= 0.3 is 0 Å². The molecule has 0 bridgehead atoms. The summed E-state index contributed by atoms with van der Waals surface area (Å²) in [5.41, 5.74) is 3.21. The Balaban J connectivity index is 1.21. The number of fused-ring (bicyclic) bond motifs is 1. The summed E-state index contributed by atoms with van der Waals surface area (Å²) < 4.78 is 11.3. The van der Waals surface area contributed by atoms with Crippen LogP contribution in [0.2, 0.25) is 0 Å². The van der Waals surface area contributed by atoms with Crippen LogP contribution in [0.1, 0.15) is 17.5 Å². The molecule has 1 atom stereocenters. The lowest BCUT2D eigenvalue weighted by Gasteiger charge is -2.38. The topological polar surface area (TPSA) is 54.0 Å². The Morgan fingerprint density at radius 1 is 0.865 bits per heavy atom. The van der Waals surface area contributed by atoms with Crippen molar-refractivity contribution in [2.75, 3.05) is 51.3 Å². The molecule has 1 fully saturated rings. The van der Waals surface area contributed by atoms with Gasteiger partial charge in [0.25, 0.3) is 0 Å². The van der Waals surface area contributed by atoms with Crippen molar-refractivity contribution < 1.29 is 14.3 Å². The number of piperazine rings is 1. The first kappa shape index (κ1) is 25.1. The fourth-order valence-electron chi connectivity index (χ4n) is 4.93. The fourth-order valence-corrected chi connectivity index (χ4v) is 4.93. The van der Waals surface area contributed by atoms with Crippen molar-refractivity contribution in [3.05, 3.63) is 96.1 Å². The Morgan fingerprint density at radius 3 is 2.32 bits per heavy atom. The highest BCUT2D eigenvalue weighted by Crippen LogP contribution is 2.32. The van der Waals surface area contributed by atoms with E-state index in [2.05, 4.69) is 75.8 Å². The van der Waals surface area contributed by atoms with Crippen LogP contribution in [0.25, 0.3) is 6.08 Å². The van der Waals surface area contributed by atoms with Crippen LogP contribution in [0, 0.1) is 0 Å². The molecule has 1 saturated heterocycles. The third-order valence-electron chi connectivity index (χ3n) is 6.98. The maximum Gasteiger partial charge on any atom is 0.241 e. The molecule has 2 aliphatic heterocycles. The van der Waals surface area contributed by atoms with Crippen LogP contribution in [0.3, 0.4) is 0 Å². The van der Waals surface area contributed by atoms with Gasteiger partial charge in [-0.2, -0.15) is 0 Å². The zero-order chi connectivity index (χ0) is 25.3. The predicted octanol–water partition coefficient (Wildman–Crippen LogP) is 4.73. The minimum atomic E-state index is -0.199. The summed E-state index contributed by atoms with van der Waals surface area (Å²) in [5.74, 6) is 1.44. The maximum absolute atomic E-state index is 13.6. The molecule has 2 heterocycles. The van der Waals surface area contributed by atoms with E-state index in [9.17, 15) is 4.79 Å². The fraction of sp³-hybridized carbons (Fsp3) is 0.323. The normalized spacial score (nSPS) is 17.0. The lowest BCUT2D eigenvalue weighted by atomic mass is 10.0. The van der Waals surface area contributed by atoms with Crippen molar-refractivity contribution in [3.8, 4) is 11.5 Å². The van der Waals surface area contributed by atoms with E-state index in [-0.39, 0.29) is 11.9 Å². The highest BCUT2D eigenvalue weighted by Gasteiger charge is 2.29. The summed E-state index contributed by atoms with van der Waals surface area (Å²) >= 11 is 0. The van der Waals surface area contributed by atoms with Gasteiger partial charge in [-0.15, -0.1) is 0 Å². The van der Waals surface area contributed by atoms with Crippen LogP contribution in [-0.2, 0) is 11.2 Å². The smallest absolute Gasteiger partial charge is 0.241 e. The molecule has 2 aliphatic rings.